The highest BCUT2D eigenvalue weighted by Crippen LogP contribution is 2.39. The summed E-state index contributed by atoms with van der Waals surface area (Å²) in [7, 11) is 0. The molecule has 2 aromatic carbocycles. The fourth-order valence-corrected chi connectivity index (χ4v) is 4.34. The SMILES string of the molecule is Cc1cc(F)c(C(=O)Nc2cccc3c2OCCN2CNN=C32)cc1-n1cnc(C2CC2)c1. The average molecular weight is 446 g/mol. The number of benzene rings is 2. The lowest BCUT2D eigenvalue weighted by atomic mass is 10.1. The molecule has 0 atom stereocenters. The monoisotopic (exact) mass is 446 g/mol. The molecule has 8 nitrogen and oxygen atoms in total. The van der Waals surface area contributed by atoms with Gasteiger partial charge in [0.15, 0.2) is 11.6 Å². The Balaban J connectivity index is 1.33. The van der Waals surface area contributed by atoms with E-state index in [1.807, 2.05) is 29.8 Å². The fraction of sp³-hybridized carbons (Fsp3) is 0.292. The molecule has 1 amide bonds. The van der Waals surface area contributed by atoms with Crippen LogP contribution >= 0.6 is 0 Å². The van der Waals surface area contributed by atoms with Crippen LogP contribution in [0.1, 0.15) is 45.9 Å². The molecule has 2 N–H and O–H groups in total. The molecule has 1 aromatic heterocycles. The Bertz CT molecular complexity index is 1300. The van der Waals surface area contributed by atoms with Crippen molar-refractivity contribution in [1.29, 1.82) is 0 Å². The zero-order chi connectivity index (χ0) is 22.5. The minimum atomic E-state index is -0.574. The molecule has 1 aliphatic carbocycles. The summed E-state index contributed by atoms with van der Waals surface area (Å²) >= 11 is 0. The molecule has 0 spiro atoms. The Morgan fingerprint density at radius 1 is 1.30 bits per heavy atom. The molecule has 0 radical (unpaired) electrons. The number of carbonyl (C=O) groups is 1. The van der Waals surface area contributed by atoms with Crippen LogP contribution in [0.25, 0.3) is 5.69 Å². The number of amidine groups is 1. The van der Waals surface area contributed by atoms with Crippen LogP contribution in [0.5, 0.6) is 5.75 Å². The Morgan fingerprint density at radius 3 is 3.03 bits per heavy atom. The zero-order valence-corrected chi connectivity index (χ0v) is 18.1. The van der Waals surface area contributed by atoms with Crippen LogP contribution in [-0.4, -0.2) is 46.0 Å². The second kappa shape index (κ2) is 7.61. The second-order valence-corrected chi connectivity index (χ2v) is 8.60. The van der Waals surface area contributed by atoms with Crippen LogP contribution in [0.2, 0.25) is 0 Å². The number of rotatable bonds is 4. The molecule has 1 saturated carbocycles. The Kier molecular flexibility index (Phi) is 4.56. The van der Waals surface area contributed by atoms with E-state index in [-0.39, 0.29) is 5.56 Å². The molecule has 3 aromatic rings. The van der Waals surface area contributed by atoms with Crippen molar-refractivity contribution in [2.45, 2.75) is 25.7 Å². The van der Waals surface area contributed by atoms with Gasteiger partial charge < -0.3 is 19.5 Å². The highest BCUT2D eigenvalue weighted by atomic mass is 19.1. The van der Waals surface area contributed by atoms with Gasteiger partial charge in [-0.1, -0.05) is 6.07 Å². The molecule has 9 heteroatoms. The van der Waals surface area contributed by atoms with Crippen LogP contribution in [0.3, 0.4) is 0 Å². The Morgan fingerprint density at radius 2 is 2.18 bits per heavy atom. The number of nitrogens with zero attached hydrogens (tertiary/aromatic N) is 4. The number of aryl methyl sites for hydroxylation is 1. The lowest BCUT2D eigenvalue weighted by molar-refractivity contribution is 0.102. The van der Waals surface area contributed by atoms with Crippen LogP contribution in [0.4, 0.5) is 10.1 Å². The molecule has 3 heterocycles. The minimum absolute atomic E-state index is 0.0370. The predicted molar refractivity (Wildman–Crippen MR) is 121 cm³/mol. The number of nitrogens with one attached hydrogen (secondary N) is 2. The van der Waals surface area contributed by atoms with Gasteiger partial charge in [0.25, 0.3) is 5.91 Å². The van der Waals surface area contributed by atoms with Crippen LogP contribution < -0.4 is 15.5 Å². The highest BCUT2D eigenvalue weighted by Gasteiger charge is 2.28. The van der Waals surface area contributed by atoms with Crippen LogP contribution in [-0.2, 0) is 0 Å². The van der Waals surface area contributed by atoms with Gasteiger partial charge in [0.2, 0.25) is 0 Å². The third kappa shape index (κ3) is 3.49. The summed E-state index contributed by atoms with van der Waals surface area (Å²) in [5, 5.41) is 7.20. The maximum absolute atomic E-state index is 14.9. The van der Waals surface area contributed by atoms with E-state index in [1.165, 1.54) is 6.07 Å². The number of imidazole rings is 1. The summed E-state index contributed by atoms with van der Waals surface area (Å²) < 4.78 is 22.7. The van der Waals surface area contributed by atoms with E-state index < -0.39 is 11.7 Å². The number of fused-ring (bicyclic) bond motifs is 3. The first-order chi connectivity index (χ1) is 16.1. The number of hydrogen-bond donors (Lipinski definition) is 2. The first kappa shape index (κ1) is 19.8. The summed E-state index contributed by atoms with van der Waals surface area (Å²) in [6.45, 7) is 3.57. The number of para-hydroxylation sites is 1. The number of halogens is 1. The minimum Gasteiger partial charge on any atom is -0.489 e. The van der Waals surface area contributed by atoms with E-state index >= 15 is 0 Å². The normalized spacial score (nSPS) is 16.8. The van der Waals surface area contributed by atoms with E-state index in [1.54, 1.807) is 18.5 Å². The molecule has 33 heavy (non-hydrogen) atoms. The maximum atomic E-state index is 14.9. The van der Waals surface area contributed by atoms with Gasteiger partial charge in [-0.3, -0.25) is 10.2 Å². The van der Waals surface area contributed by atoms with E-state index in [9.17, 15) is 9.18 Å². The molecule has 0 saturated heterocycles. The first-order valence-electron chi connectivity index (χ1n) is 11.1. The van der Waals surface area contributed by atoms with E-state index in [0.717, 1.165) is 41.2 Å². The third-order valence-corrected chi connectivity index (χ3v) is 6.26. The molecule has 3 aliphatic rings. The molecule has 0 unspecified atom stereocenters. The quantitative estimate of drug-likeness (QED) is 0.642. The second-order valence-electron chi connectivity index (χ2n) is 8.60. The number of aromatic nitrogens is 2. The average Bonchev–Trinajstić information content (AvgIpc) is 3.41. The van der Waals surface area contributed by atoms with Gasteiger partial charge >= 0.3 is 0 Å². The van der Waals surface area contributed by atoms with E-state index in [2.05, 4.69) is 25.7 Å². The van der Waals surface area contributed by atoms with Crippen molar-refractivity contribution >= 4 is 17.4 Å². The maximum Gasteiger partial charge on any atom is 0.258 e. The van der Waals surface area contributed by atoms with Crippen LogP contribution in [0.15, 0.2) is 48.0 Å². The van der Waals surface area contributed by atoms with Gasteiger partial charge in [0.05, 0.1) is 41.1 Å². The lowest BCUT2D eigenvalue weighted by Crippen LogP contribution is -2.31. The van der Waals surface area contributed by atoms with Crippen LogP contribution in [0, 0.1) is 12.7 Å². The number of anilines is 1. The summed E-state index contributed by atoms with van der Waals surface area (Å²) in [6, 6.07) is 8.44. The summed E-state index contributed by atoms with van der Waals surface area (Å²) in [4.78, 5) is 19.7. The molecule has 0 bridgehead atoms. The molecule has 1 fully saturated rings. The van der Waals surface area contributed by atoms with Crippen molar-refractivity contribution < 1.29 is 13.9 Å². The van der Waals surface area contributed by atoms with Gasteiger partial charge in [-0.2, -0.15) is 5.10 Å². The number of carbonyl (C=O) groups excluding carboxylic acids is 1. The summed E-state index contributed by atoms with van der Waals surface area (Å²) in [5.74, 6) is 0.704. The fourth-order valence-electron chi connectivity index (χ4n) is 4.34. The molecule has 2 aliphatic heterocycles. The van der Waals surface area contributed by atoms with E-state index in [0.29, 0.717) is 37.2 Å². The van der Waals surface area contributed by atoms with Gasteiger partial charge in [-0.25, -0.2) is 9.37 Å². The largest absolute Gasteiger partial charge is 0.489 e. The lowest BCUT2D eigenvalue weighted by Gasteiger charge is -2.16. The predicted octanol–water partition coefficient (Wildman–Crippen LogP) is 3.37. The molecule has 168 valence electrons. The van der Waals surface area contributed by atoms with Gasteiger partial charge in [0.1, 0.15) is 19.1 Å². The van der Waals surface area contributed by atoms with Gasteiger partial charge in [-0.05, 0) is 49.6 Å². The van der Waals surface area contributed by atoms with Crippen molar-refractivity contribution in [3.63, 3.8) is 0 Å². The van der Waals surface area contributed by atoms with Gasteiger partial charge in [-0.15, -0.1) is 0 Å². The van der Waals surface area contributed by atoms with Crippen molar-refractivity contribution in [3.05, 3.63) is 71.1 Å². The molecular weight excluding hydrogens is 423 g/mol. The molecule has 6 rings (SSSR count). The number of amides is 1. The summed E-state index contributed by atoms with van der Waals surface area (Å²) in [5.41, 5.74) is 6.70. The van der Waals surface area contributed by atoms with Crippen molar-refractivity contribution in [1.82, 2.24) is 19.9 Å². The topological polar surface area (TPSA) is 83.8 Å². The summed E-state index contributed by atoms with van der Waals surface area (Å²) in [6.07, 6.45) is 5.99. The zero-order valence-electron chi connectivity index (χ0n) is 18.1. The van der Waals surface area contributed by atoms with Gasteiger partial charge in [0, 0.05) is 12.1 Å². The number of hydrogen-bond acceptors (Lipinski definition) is 6. The first-order valence-corrected chi connectivity index (χ1v) is 11.1. The van der Waals surface area contributed by atoms with Crippen molar-refractivity contribution in [3.8, 4) is 11.4 Å². The van der Waals surface area contributed by atoms with Crippen molar-refractivity contribution in [2.75, 3.05) is 25.1 Å². The highest BCUT2D eigenvalue weighted by molar-refractivity contribution is 6.08. The number of hydrazone groups is 1. The van der Waals surface area contributed by atoms with E-state index in [4.69, 9.17) is 4.74 Å². The standard InChI is InChI=1S/C24H23FN6O2/c1-14-9-18(25)17(10-21(14)31-11-20(26-12-31)15-5-6-15)24(32)28-19-4-2-3-16-22(19)33-8-7-30-13-27-29-23(16)30/h2-4,9-12,15,27H,5-8,13H2,1H3,(H,28,32). The molecular formula is C24H23FN6O2. The Hall–Kier alpha value is -3.88. The Labute approximate surface area is 190 Å². The smallest absolute Gasteiger partial charge is 0.258 e. The van der Waals surface area contributed by atoms with Crippen molar-refractivity contribution in [2.24, 2.45) is 5.10 Å². The number of ether oxygens (including phenoxy) is 1. The third-order valence-electron chi connectivity index (χ3n) is 6.26.